The van der Waals surface area contributed by atoms with Crippen molar-refractivity contribution in [2.75, 3.05) is 18.5 Å². The van der Waals surface area contributed by atoms with Crippen LogP contribution in [0.4, 0.5) is 5.69 Å². The van der Waals surface area contributed by atoms with E-state index in [1.54, 1.807) is 6.92 Å². The molecular weight excluding hydrogens is 342 g/mol. The summed E-state index contributed by atoms with van der Waals surface area (Å²) in [6.45, 7) is 6.99. The van der Waals surface area contributed by atoms with Crippen molar-refractivity contribution in [1.82, 2.24) is 0 Å². The fourth-order valence-electron chi connectivity index (χ4n) is 2.97. The van der Waals surface area contributed by atoms with E-state index in [0.717, 1.165) is 36.3 Å². The molecule has 144 valence electrons. The summed E-state index contributed by atoms with van der Waals surface area (Å²) in [5, 5.41) is 2.91. The van der Waals surface area contributed by atoms with Crippen LogP contribution in [0.15, 0.2) is 42.5 Å². The Hall–Kier alpha value is -2.53. The first-order valence-corrected chi connectivity index (χ1v) is 9.41. The molecular formula is C22H27NO4. The molecule has 1 amide bonds. The number of hydrogen-bond acceptors (Lipinski definition) is 4. The van der Waals surface area contributed by atoms with Crippen LogP contribution >= 0.6 is 0 Å². The quantitative estimate of drug-likeness (QED) is 0.792. The van der Waals surface area contributed by atoms with Gasteiger partial charge in [-0.1, -0.05) is 24.3 Å². The van der Waals surface area contributed by atoms with Crippen LogP contribution in [0, 0.1) is 13.8 Å². The van der Waals surface area contributed by atoms with Crippen LogP contribution in [0.2, 0.25) is 0 Å². The Morgan fingerprint density at radius 3 is 2.81 bits per heavy atom. The van der Waals surface area contributed by atoms with Gasteiger partial charge in [-0.2, -0.15) is 0 Å². The van der Waals surface area contributed by atoms with E-state index in [4.69, 9.17) is 14.2 Å². The Balaban J connectivity index is 1.62. The van der Waals surface area contributed by atoms with Gasteiger partial charge in [0.1, 0.15) is 18.1 Å². The third-order valence-corrected chi connectivity index (χ3v) is 4.61. The van der Waals surface area contributed by atoms with E-state index in [9.17, 15) is 4.79 Å². The molecule has 0 aromatic heterocycles. The largest absolute Gasteiger partial charge is 0.489 e. The molecule has 0 unspecified atom stereocenters. The maximum atomic E-state index is 12.6. The summed E-state index contributed by atoms with van der Waals surface area (Å²) in [5.41, 5.74) is 2.73. The number of nitrogens with one attached hydrogen (secondary N) is 1. The maximum Gasteiger partial charge on any atom is 0.265 e. The smallest absolute Gasteiger partial charge is 0.265 e. The van der Waals surface area contributed by atoms with Gasteiger partial charge in [0.15, 0.2) is 6.10 Å². The van der Waals surface area contributed by atoms with Crippen LogP contribution in [-0.4, -0.2) is 31.3 Å². The van der Waals surface area contributed by atoms with Crippen molar-refractivity contribution in [3.63, 3.8) is 0 Å². The summed E-state index contributed by atoms with van der Waals surface area (Å²) in [6.07, 6.45) is 1.58. The zero-order valence-corrected chi connectivity index (χ0v) is 16.2. The maximum absolute atomic E-state index is 12.6. The first kappa shape index (κ1) is 19.2. The summed E-state index contributed by atoms with van der Waals surface area (Å²) in [4.78, 5) is 12.6. The minimum Gasteiger partial charge on any atom is -0.489 e. The highest BCUT2D eigenvalue weighted by atomic mass is 16.5. The Morgan fingerprint density at radius 2 is 2.04 bits per heavy atom. The molecule has 1 aliphatic rings. The Bertz CT molecular complexity index is 784. The van der Waals surface area contributed by atoms with E-state index in [-0.39, 0.29) is 12.0 Å². The molecule has 5 nitrogen and oxygen atoms in total. The molecule has 0 aliphatic carbocycles. The lowest BCUT2D eigenvalue weighted by atomic mass is 10.1. The van der Waals surface area contributed by atoms with Crippen LogP contribution in [0.25, 0.3) is 0 Å². The van der Waals surface area contributed by atoms with E-state index in [1.165, 1.54) is 0 Å². The predicted octanol–water partition coefficient (Wildman–Crippen LogP) is 4.27. The second kappa shape index (κ2) is 8.91. The Morgan fingerprint density at radius 1 is 1.22 bits per heavy atom. The summed E-state index contributed by atoms with van der Waals surface area (Å²) < 4.78 is 17.3. The van der Waals surface area contributed by atoms with Crippen molar-refractivity contribution in [2.24, 2.45) is 0 Å². The van der Waals surface area contributed by atoms with Gasteiger partial charge in [-0.3, -0.25) is 4.79 Å². The van der Waals surface area contributed by atoms with Gasteiger partial charge in [-0.05, 0) is 62.9 Å². The van der Waals surface area contributed by atoms with E-state index >= 15 is 0 Å². The van der Waals surface area contributed by atoms with Crippen molar-refractivity contribution in [3.05, 3.63) is 53.6 Å². The van der Waals surface area contributed by atoms with Gasteiger partial charge >= 0.3 is 0 Å². The number of benzene rings is 2. The summed E-state index contributed by atoms with van der Waals surface area (Å²) in [6, 6.07) is 13.4. The molecule has 5 heteroatoms. The molecule has 2 aromatic carbocycles. The van der Waals surface area contributed by atoms with Crippen LogP contribution < -0.4 is 14.8 Å². The second-order valence-electron chi connectivity index (χ2n) is 6.96. The highest BCUT2D eigenvalue weighted by Gasteiger charge is 2.19. The monoisotopic (exact) mass is 369 g/mol. The van der Waals surface area contributed by atoms with Gasteiger partial charge in [0.25, 0.3) is 5.91 Å². The third kappa shape index (κ3) is 5.23. The number of amides is 1. The van der Waals surface area contributed by atoms with Crippen LogP contribution in [0.5, 0.6) is 11.5 Å². The predicted molar refractivity (Wildman–Crippen MR) is 106 cm³/mol. The fraction of sp³-hybridized carbons (Fsp3) is 0.409. The molecule has 1 heterocycles. The number of carbonyl (C=O) groups excluding carboxylic acids is 1. The zero-order chi connectivity index (χ0) is 19.2. The van der Waals surface area contributed by atoms with Gasteiger partial charge in [-0.15, -0.1) is 0 Å². The first-order chi connectivity index (χ1) is 13.0. The average Bonchev–Trinajstić information content (AvgIpc) is 3.17. The molecule has 2 aromatic rings. The summed E-state index contributed by atoms with van der Waals surface area (Å²) in [5.74, 6) is 1.14. The fourth-order valence-corrected chi connectivity index (χ4v) is 2.97. The molecule has 0 saturated carbocycles. The van der Waals surface area contributed by atoms with E-state index in [1.807, 2.05) is 56.3 Å². The Labute approximate surface area is 160 Å². The van der Waals surface area contributed by atoms with Crippen molar-refractivity contribution in [1.29, 1.82) is 0 Å². The topological polar surface area (TPSA) is 56.8 Å². The molecule has 3 rings (SSSR count). The molecule has 1 saturated heterocycles. The van der Waals surface area contributed by atoms with Gasteiger partial charge in [-0.25, -0.2) is 0 Å². The van der Waals surface area contributed by atoms with Crippen LogP contribution in [0.1, 0.15) is 30.9 Å². The van der Waals surface area contributed by atoms with Gasteiger partial charge in [0, 0.05) is 6.61 Å². The van der Waals surface area contributed by atoms with Crippen molar-refractivity contribution < 1.29 is 19.0 Å². The van der Waals surface area contributed by atoms with Crippen molar-refractivity contribution in [3.8, 4) is 11.5 Å². The molecule has 27 heavy (non-hydrogen) atoms. The van der Waals surface area contributed by atoms with Crippen LogP contribution in [-0.2, 0) is 9.53 Å². The summed E-state index contributed by atoms with van der Waals surface area (Å²) in [7, 11) is 0. The lowest BCUT2D eigenvalue weighted by Gasteiger charge is -2.19. The Kier molecular flexibility index (Phi) is 6.35. The average molecular weight is 369 g/mol. The highest BCUT2D eigenvalue weighted by Crippen LogP contribution is 2.26. The summed E-state index contributed by atoms with van der Waals surface area (Å²) >= 11 is 0. The van der Waals surface area contributed by atoms with E-state index in [2.05, 4.69) is 5.32 Å². The van der Waals surface area contributed by atoms with Crippen molar-refractivity contribution in [2.45, 2.75) is 45.8 Å². The molecule has 1 fully saturated rings. The van der Waals surface area contributed by atoms with E-state index in [0.29, 0.717) is 18.0 Å². The molecule has 0 spiro atoms. The zero-order valence-electron chi connectivity index (χ0n) is 16.2. The number of aryl methyl sites for hydroxylation is 2. The van der Waals surface area contributed by atoms with Gasteiger partial charge < -0.3 is 19.5 Å². The number of anilines is 1. The molecule has 1 aliphatic heterocycles. The number of carbonyl (C=O) groups is 1. The standard InChI is InChI=1S/C22H27NO4/c1-15-10-11-16(2)21(13-15)27-17(3)22(24)23-19-8-4-5-9-20(19)26-14-18-7-6-12-25-18/h4-5,8-11,13,17-18H,6-7,12,14H2,1-3H3,(H,23,24)/t17-,18-/m1/s1. The lowest BCUT2D eigenvalue weighted by molar-refractivity contribution is -0.122. The SMILES string of the molecule is Cc1ccc(C)c(O[C@H](C)C(=O)Nc2ccccc2OC[C@H]2CCCO2)c1. The number of para-hydroxylation sites is 2. The second-order valence-corrected chi connectivity index (χ2v) is 6.96. The minimum absolute atomic E-state index is 0.125. The van der Waals surface area contributed by atoms with Crippen LogP contribution in [0.3, 0.4) is 0 Å². The van der Waals surface area contributed by atoms with Gasteiger partial charge in [0.2, 0.25) is 0 Å². The third-order valence-electron chi connectivity index (χ3n) is 4.61. The first-order valence-electron chi connectivity index (χ1n) is 9.41. The number of hydrogen-bond donors (Lipinski definition) is 1. The van der Waals surface area contributed by atoms with Gasteiger partial charge in [0.05, 0.1) is 11.8 Å². The molecule has 0 radical (unpaired) electrons. The lowest BCUT2D eigenvalue weighted by Crippen LogP contribution is -2.30. The number of ether oxygens (including phenoxy) is 3. The highest BCUT2D eigenvalue weighted by molar-refractivity contribution is 5.95. The van der Waals surface area contributed by atoms with E-state index < -0.39 is 6.10 Å². The molecule has 2 atom stereocenters. The minimum atomic E-state index is -0.628. The normalized spacial score (nSPS) is 17.4. The number of rotatable bonds is 7. The molecule has 0 bridgehead atoms. The van der Waals surface area contributed by atoms with Crippen molar-refractivity contribution >= 4 is 11.6 Å². The molecule has 1 N–H and O–H groups in total.